The number of rotatable bonds is 4. The monoisotopic (exact) mass is 268 g/mol. The lowest BCUT2D eigenvalue weighted by Crippen LogP contribution is -2.15. The van der Waals surface area contributed by atoms with E-state index in [0.717, 1.165) is 24.2 Å². The van der Waals surface area contributed by atoms with Gasteiger partial charge in [-0.3, -0.25) is 4.79 Å². The molecule has 3 heteroatoms. The van der Waals surface area contributed by atoms with Crippen LogP contribution in [0.25, 0.3) is 0 Å². The number of carbonyl (C=O) groups excluding carboxylic acids is 1. The zero-order valence-electron chi connectivity index (χ0n) is 8.57. The van der Waals surface area contributed by atoms with Gasteiger partial charge in [-0.15, -0.1) is 0 Å². The summed E-state index contributed by atoms with van der Waals surface area (Å²) in [5, 5.41) is 0. The summed E-state index contributed by atoms with van der Waals surface area (Å²) in [5.74, 6) is 1.50. The van der Waals surface area contributed by atoms with Crippen LogP contribution in [-0.2, 0) is 0 Å². The molecule has 1 atom stereocenters. The average molecular weight is 269 g/mol. The SMILES string of the molecule is COc1ccc(C(=O)C(Br)C2CC2)cc1. The highest BCUT2D eigenvalue weighted by molar-refractivity contribution is 9.10. The summed E-state index contributed by atoms with van der Waals surface area (Å²) in [5.41, 5.74) is 0.754. The molecule has 0 amide bonds. The Hall–Kier alpha value is -0.830. The van der Waals surface area contributed by atoms with Crippen molar-refractivity contribution in [2.24, 2.45) is 5.92 Å². The number of hydrogen-bond donors (Lipinski definition) is 0. The number of methoxy groups -OCH3 is 1. The van der Waals surface area contributed by atoms with Crippen LogP contribution in [-0.4, -0.2) is 17.7 Å². The Morgan fingerprint density at radius 3 is 2.47 bits per heavy atom. The van der Waals surface area contributed by atoms with Gasteiger partial charge in [-0.2, -0.15) is 0 Å². The van der Waals surface area contributed by atoms with E-state index in [-0.39, 0.29) is 10.6 Å². The molecular weight excluding hydrogens is 256 g/mol. The van der Waals surface area contributed by atoms with Crippen LogP contribution in [0.5, 0.6) is 5.75 Å². The van der Waals surface area contributed by atoms with Crippen molar-refractivity contribution in [3.8, 4) is 5.75 Å². The van der Waals surface area contributed by atoms with Crippen molar-refractivity contribution in [3.05, 3.63) is 29.8 Å². The molecule has 2 rings (SSSR count). The molecule has 2 nitrogen and oxygen atoms in total. The van der Waals surface area contributed by atoms with Crippen molar-refractivity contribution in [1.82, 2.24) is 0 Å². The highest BCUT2D eigenvalue weighted by Crippen LogP contribution is 2.38. The van der Waals surface area contributed by atoms with E-state index in [9.17, 15) is 4.79 Å². The molecule has 0 N–H and O–H groups in total. The van der Waals surface area contributed by atoms with Gasteiger partial charge in [-0.25, -0.2) is 0 Å². The van der Waals surface area contributed by atoms with Crippen LogP contribution in [0.1, 0.15) is 23.2 Å². The molecule has 1 aliphatic carbocycles. The molecule has 1 aromatic carbocycles. The topological polar surface area (TPSA) is 26.3 Å². The Labute approximate surface area is 97.8 Å². The zero-order chi connectivity index (χ0) is 10.8. The Morgan fingerprint density at radius 2 is 2.00 bits per heavy atom. The minimum Gasteiger partial charge on any atom is -0.497 e. The van der Waals surface area contributed by atoms with Gasteiger partial charge in [0.2, 0.25) is 0 Å². The maximum Gasteiger partial charge on any atom is 0.176 e. The fraction of sp³-hybridized carbons (Fsp3) is 0.417. The lowest BCUT2D eigenvalue weighted by Gasteiger charge is -2.07. The Balaban J connectivity index is 2.10. The number of benzene rings is 1. The third kappa shape index (κ3) is 2.40. The Bertz CT molecular complexity index is 354. The minimum atomic E-state index is -0.00843. The Kier molecular flexibility index (Phi) is 3.10. The van der Waals surface area contributed by atoms with Gasteiger partial charge in [0.15, 0.2) is 5.78 Å². The molecule has 0 bridgehead atoms. The predicted octanol–water partition coefficient (Wildman–Crippen LogP) is 3.05. The smallest absolute Gasteiger partial charge is 0.176 e. The van der Waals surface area contributed by atoms with Crippen molar-refractivity contribution in [2.75, 3.05) is 7.11 Å². The maximum absolute atomic E-state index is 11.9. The van der Waals surface area contributed by atoms with E-state index >= 15 is 0 Å². The van der Waals surface area contributed by atoms with E-state index in [1.807, 2.05) is 24.3 Å². The molecule has 0 saturated heterocycles. The van der Waals surface area contributed by atoms with Crippen molar-refractivity contribution < 1.29 is 9.53 Å². The van der Waals surface area contributed by atoms with Gasteiger partial charge < -0.3 is 4.74 Å². The second kappa shape index (κ2) is 4.35. The van der Waals surface area contributed by atoms with E-state index in [4.69, 9.17) is 4.74 Å². The van der Waals surface area contributed by atoms with Crippen LogP contribution < -0.4 is 4.74 Å². The van der Waals surface area contributed by atoms with Crippen LogP contribution >= 0.6 is 15.9 Å². The number of halogens is 1. The minimum absolute atomic E-state index is 0.00843. The van der Waals surface area contributed by atoms with Gasteiger partial charge in [0.25, 0.3) is 0 Å². The maximum atomic E-state index is 11.9. The molecule has 0 heterocycles. The first-order valence-corrected chi connectivity index (χ1v) is 5.96. The predicted molar refractivity (Wildman–Crippen MR) is 62.8 cm³/mol. The molecule has 0 spiro atoms. The highest BCUT2D eigenvalue weighted by Gasteiger charge is 2.34. The summed E-state index contributed by atoms with van der Waals surface area (Å²) < 4.78 is 5.05. The van der Waals surface area contributed by atoms with Gasteiger partial charge >= 0.3 is 0 Å². The number of ether oxygens (including phenoxy) is 1. The first-order chi connectivity index (χ1) is 7.22. The molecule has 0 aliphatic heterocycles. The van der Waals surface area contributed by atoms with Crippen LogP contribution in [0, 0.1) is 5.92 Å². The normalized spacial score (nSPS) is 17.2. The standard InChI is InChI=1S/C12H13BrO2/c1-15-10-6-4-9(5-7-10)12(14)11(13)8-2-3-8/h4-8,11H,2-3H2,1H3. The number of alkyl halides is 1. The average Bonchev–Trinajstić information content (AvgIpc) is 3.11. The first kappa shape index (κ1) is 10.7. The largest absolute Gasteiger partial charge is 0.497 e. The van der Waals surface area contributed by atoms with Crippen LogP contribution in [0.4, 0.5) is 0 Å². The molecule has 1 aromatic rings. The molecule has 80 valence electrons. The zero-order valence-corrected chi connectivity index (χ0v) is 10.2. The molecule has 0 radical (unpaired) electrons. The third-order valence-corrected chi connectivity index (χ3v) is 3.82. The number of Topliss-reactive ketones (excluding diaryl/α,β-unsaturated/α-hetero) is 1. The van der Waals surface area contributed by atoms with Crippen molar-refractivity contribution >= 4 is 21.7 Å². The Morgan fingerprint density at radius 1 is 1.40 bits per heavy atom. The molecule has 1 saturated carbocycles. The number of ketones is 1. The van der Waals surface area contributed by atoms with E-state index in [0.29, 0.717) is 5.92 Å². The van der Waals surface area contributed by atoms with Gasteiger partial charge in [-0.1, -0.05) is 15.9 Å². The summed E-state index contributed by atoms with van der Waals surface area (Å²) in [6.07, 6.45) is 2.33. The van der Waals surface area contributed by atoms with E-state index in [2.05, 4.69) is 15.9 Å². The second-order valence-corrected chi connectivity index (χ2v) is 4.82. The van der Waals surface area contributed by atoms with Crippen molar-refractivity contribution in [1.29, 1.82) is 0 Å². The molecule has 0 aromatic heterocycles. The van der Waals surface area contributed by atoms with Crippen LogP contribution in [0.15, 0.2) is 24.3 Å². The molecule has 15 heavy (non-hydrogen) atoms. The fourth-order valence-electron chi connectivity index (χ4n) is 1.52. The highest BCUT2D eigenvalue weighted by atomic mass is 79.9. The quantitative estimate of drug-likeness (QED) is 0.620. The number of hydrogen-bond acceptors (Lipinski definition) is 2. The van der Waals surface area contributed by atoms with Gasteiger partial charge in [0, 0.05) is 5.56 Å². The summed E-state index contributed by atoms with van der Waals surface area (Å²) in [6.45, 7) is 0. The molecule has 1 aliphatic rings. The van der Waals surface area contributed by atoms with E-state index in [1.165, 1.54) is 0 Å². The summed E-state index contributed by atoms with van der Waals surface area (Å²) in [7, 11) is 1.62. The first-order valence-electron chi connectivity index (χ1n) is 5.04. The van der Waals surface area contributed by atoms with Crippen molar-refractivity contribution in [2.45, 2.75) is 17.7 Å². The number of carbonyl (C=O) groups is 1. The van der Waals surface area contributed by atoms with Crippen LogP contribution in [0.3, 0.4) is 0 Å². The van der Waals surface area contributed by atoms with Crippen LogP contribution in [0.2, 0.25) is 0 Å². The molecule has 1 fully saturated rings. The summed E-state index contributed by atoms with van der Waals surface area (Å²) in [4.78, 5) is 11.9. The molecule has 1 unspecified atom stereocenters. The van der Waals surface area contributed by atoms with Gasteiger partial charge in [-0.05, 0) is 43.0 Å². The second-order valence-electron chi connectivity index (χ2n) is 3.83. The van der Waals surface area contributed by atoms with Crippen molar-refractivity contribution in [3.63, 3.8) is 0 Å². The summed E-state index contributed by atoms with van der Waals surface area (Å²) >= 11 is 3.46. The van der Waals surface area contributed by atoms with E-state index < -0.39 is 0 Å². The lowest BCUT2D eigenvalue weighted by molar-refractivity contribution is 0.0985. The summed E-state index contributed by atoms with van der Waals surface area (Å²) in [6, 6.07) is 7.27. The van der Waals surface area contributed by atoms with Gasteiger partial charge in [0.05, 0.1) is 11.9 Å². The lowest BCUT2D eigenvalue weighted by atomic mass is 10.1. The third-order valence-electron chi connectivity index (χ3n) is 2.66. The van der Waals surface area contributed by atoms with Gasteiger partial charge in [0.1, 0.15) is 5.75 Å². The molecular formula is C12H13BrO2. The fourth-order valence-corrected chi connectivity index (χ4v) is 2.31. The van der Waals surface area contributed by atoms with E-state index in [1.54, 1.807) is 7.11 Å².